The molecule has 0 aliphatic carbocycles. The SMILES string of the molecule is Cn1c(-c2ccccn2)nn(CCNC(=O)CCN2CCC(=O)NC2=O)c1=O. The number of urea groups is 1. The van der Waals surface area contributed by atoms with Crippen molar-refractivity contribution in [3.8, 4) is 11.5 Å². The Morgan fingerprint density at radius 1 is 1.25 bits per heavy atom. The zero-order valence-electron chi connectivity index (χ0n) is 15.4. The maximum absolute atomic E-state index is 12.3. The van der Waals surface area contributed by atoms with Crippen molar-refractivity contribution in [2.45, 2.75) is 19.4 Å². The molecule has 0 aromatic carbocycles. The number of rotatable bonds is 7. The van der Waals surface area contributed by atoms with E-state index >= 15 is 0 Å². The van der Waals surface area contributed by atoms with Crippen molar-refractivity contribution >= 4 is 17.8 Å². The van der Waals surface area contributed by atoms with Crippen molar-refractivity contribution in [3.63, 3.8) is 0 Å². The monoisotopic (exact) mass is 387 g/mol. The van der Waals surface area contributed by atoms with Crippen molar-refractivity contribution in [3.05, 3.63) is 34.9 Å². The molecule has 3 rings (SSSR count). The van der Waals surface area contributed by atoms with Gasteiger partial charge in [0.2, 0.25) is 11.8 Å². The van der Waals surface area contributed by atoms with E-state index in [1.165, 1.54) is 14.1 Å². The molecule has 2 aromatic rings. The molecule has 3 heterocycles. The molecule has 11 heteroatoms. The third-order valence-electron chi connectivity index (χ3n) is 4.33. The third kappa shape index (κ3) is 4.42. The molecular weight excluding hydrogens is 366 g/mol. The fraction of sp³-hybridized carbons (Fsp3) is 0.412. The van der Waals surface area contributed by atoms with E-state index in [2.05, 4.69) is 20.7 Å². The number of pyridine rings is 1. The number of nitrogens with zero attached hydrogens (tertiary/aromatic N) is 5. The third-order valence-corrected chi connectivity index (χ3v) is 4.33. The molecule has 0 saturated carbocycles. The molecule has 0 atom stereocenters. The molecule has 0 radical (unpaired) electrons. The second kappa shape index (κ2) is 8.46. The molecule has 0 unspecified atom stereocenters. The first-order chi connectivity index (χ1) is 13.5. The van der Waals surface area contributed by atoms with Gasteiger partial charge in [0, 0.05) is 45.7 Å². The van der Waals surface area contributed by atoms with Crippen LogP contribution in [0.5, 0.6) is 0 Å². The molecule has 148 valence electrons. The first-order valence-electron chi connectivity index (χ1n) is 8.86. The molecule has 1 saturated heterocycles. The van der Waals surface area contributed by atoms with Gasteiger partial charge in [-0.25, -0.2) is 14.3 Å². The summed E-state index contributed by atoms with van der Waals surface area (Å²) in [5, 5.41) is 9.18. The molecule has 28 heavy (non-hydrogen) atoms. The largest absolute Gasteiger partial charge is 0.354 e. The Kier molecular flexibility index (Phi) is 5.82. The maximum Gasteiger partial charge on any atom is 0.346 e. The van der Waals surface area contributed by atoms with Gasteiger partial charge in [-0.3, -0.25) is 24.5 Å². The number of aromatic nitrogens is 4. The molecule has 1 aliphatic heterocycles. The minimum atomic E-state index is -0.480. The van der Waals surface area contributed by atoms with Gasteiger partial charge in [0.05, 0.1) is 6.54 Å². The van der Waals surface area contributed by atoms with Gasteiger partial charge in [-0.05, 0) is 12.1 Å². The van der Waals surface area contributed by atoms with E-state index in [0.717, 1.165) is 0 Å². The zero-order valence-corrected chi connectivity index (χ0v) is 15.4. The van der Waals surface area contributed by atoms with Gasteiger partial charge in [-0.15, -0.1) is 5.10 Å². The number of nitrogens with one attached hydrogen (secondary N) is 2. The lowest BCUT2D eigenvalue weighted by molar-refractivity contribution is -0.121. The lowest BCUT2D eigenvalue weighted by Crippen LogP contribution is -2.50. The average Bonchev–Trinajstić information content (AvgIpc) is 2.96. The van der Waals surface area contributed by atoms with Gasteiger partial charge < -0.3 is 10.2 Å². The van der Waals surface area contributed by atoms with Crippen molar-refractivity contribution in [1.29, 1.82) is 0 Å². The van der Waals surface area contributed by atoms with Gasteiger partial charge in [-0.1, -0.05) is 6.07 Å². The van der Waals surface area contributed by atoms with Crippen LogP contribution >= 0.6 is 0 Å². The summed E-state index contributed by atoms with van der Waals surface area (Å²) in [6, 6.07) is 4.87. The number of carbonyl (C=O) groups is 3. The van der Waals surface area contributed by atoms with Gasteiger partial charge in [0.1, 0.15) is 5.69 Å². The highest BCUT2D eigenvalue weighted by atomic mass is 16.2. The van der Waals surface area contributed by atoms with Gasteiger partial charge >= 0.3 is 11.7 Å². The van der Waals surface area contributed by atoms with E-state index in [-0.39, 0.29) is 50.0 Å². The summed E-state index contributed by atoms with van der Waals surface area (Å²) < 4.78 is 2.68. The Morgan fingerprint density at radius 3 is 2.79 bits per heavy atom. The van der Waals surface area contributed by atoms with Crippen LogP contribution in [0.1, 0.15) is 12.8 Å². The summed E-state index contributed by atoms with van der Waals surface area (Å²) in [5.41, 5.74) is 0.285. The quantitative estimate of drug-likeness (QED) is 0.632. The molecule has 11 nitrogen and oxygen atoms in total. The molecule has 2 aromatic heterocycles. The summed E-state index contributed by atoms with van der Waals surface area (Å²) in [5.74, 6) is -0.113. The van der Waals surface area contributed by atoms with Crippen LogP contribution < -0.4 is 16.3 Å². The van der Waals surface area contributed by atoms with Crippen LogP contribution in [0.3, 0.4) is 0 Å². The lowest BCUT2D eigenvalue weighted by Gasteiger charge is -2.26. The predicted octanol–water partition coefficient (Wildman–Crippen LogP) is -0.908. The van der Waals surface area contributed by atoms with Crippen LogP contribution in [-0.4, -0.2) is 61.7 Å². The fourth-order valence-corrected chi connectivity index (χ4v) is 2.79. The van der Waals surface area contributed by atoms with Gasteiger partial charge in [0.15, 0.2) is 5.82 Å². The van der Waals surface area contributed by atoms with Crippen molar-refractivity contribution in [2.75, 3.05) is 19.6 Å². The van der Waals surface area contributed by atoms with Gasteiger partial charge in [-0.2, -0.15) is 0 Å². The smallest absolute Gasteiger partial charge is 0.346 e. The maximum atomic E-state index is 12.3. The van der Waals surface area contributed by atoms with E-state index in [1.807, 2.05) is 6.07 Å². The minimum Gasteiger partial charge on any atom is -0.354 e. The normalized spacial score (nSPS) is 14.1. The highest BCUT2D eigenvalue weighted by molar-refractivity contribution is 5.96. The van der Waals surface area contributed by atoms with E-state index < -0.39 is 6.03 Å². The van der Waals surface area contributed by atoms with Crippen LogP contribution in [0.4, 0.5) is 4.79 Å². The summed E-state index contributed by atoms with van der Waals surface area (Å²) in [7, 11) is 1.61. The summed E-state index contributed by atoms with van der Waals surface area (Å²) in [4.78, 5) is 52.6. The van der Waals surface area contributed by atoms with E-state index in [9.17, 15) is 19.2 Å². The molecular formula is C17H21N7O4. The van der Waals surface area contributed by atoms with Crippen LogP contribution in [-0.2, 0) is 23.2 Å². The second-order valence-corrected chi connectivity index (χ2v) is 6.29. The lowest BCUT2D eigenvalue weighted by atomic mass is 10.3. The molecule has 4 amide bonds. The zero-order chi connectivity index (χ0) is 20.1. The van der Waals surface area contributed by atoms with Crippen molar-refractivity contribution in [1.82, 2.24) is 34.9 Å². The van der Waals surface area contributed by atoms with Crippen LogP contribution in [0.2, 0.25) is 0 Å². The Hall–Kier alpha value is -3.50. The van der Waals surface area contributed by atoms with Crippen LogP contribution in [0.15, 0.2) is 29.2 Å². The molecule has 1 aliphatic rings. The van der Waals surface area contributed by atoms with E-state index in [0.29, 0.717) is 18.1 Å². The first kappa shape index (κ1) is 19.3. The highest BCUT2D eigenvalue weighted by Gasteiger charge is 2.23. The van der Waals surface area contributed by atoms with Crippen LogP contribution in [0, 0.1) is 0 Å². The predicted molar refractivity (Wildman–Crippen MR) is 98.1 cm³/mol. The fourth-order valence-electron chi connectivity index (χ4n) is 2.79. The van der Waals surface area contributed by atoms with E-state index in [4.69, 9.17) is 0 Å². The second-order valence-electron chi connectivity index (χ2n) is 6.29. The minimum absolute atomic E-state index is 0.109. The van der Waals surface area contributed by atoms with Gasteiger partial charge in [0.25, 0.3) is 0 Å². The number of amides is 4. The number of imide groups is 1. The average molecular weight is 387 g/mol. The van der Waals surface area contributed by atoms with Crippen molar-refractivity contribution in [2.24, 2.45) is 7.05 Å². The molecule has 0 spiro atoms. The Morgan fingerprint density at radius 2 is 2.07 bits per heavy atom. The highest BCUT2D eigenvalue weighted by Crippen LogP contribution is 2.10. The van der Waals surface area contributed by atoms with E-state index in [1.54, 1.807) is 25.4 Å². The van der Waals surface area contributed by atoms with Crippen molar-refractivity contribution < 1.29 is 14.4 Å². The summed E-state index contributed by atoms with van der Waals surface area (Å²) in [6.07, 6.45) is 1.96. The number of carbonyl (C=O) groups excluding carboxylic acids is 3. The molecule has 1 fully saturated rings. The van der Waals surface area contributed by atoms with Crippen LogP contribution in [0.25, 0.3) is 11.5 Å². The number of hydrogen-bond donors (Lipinski definition) is 2. The summed E-state index contributed by atoms with van der Waals surface area (Å²) >= 11 is 0. The molecule has 2 N–H and O–H groups in total. The standard InChI is InChI=1S/C17H21N7O4/c1-22-15(12-4-2-3-7-18-12)21-24(17(22)28)11-8-19-13(25)5-9-23-10-6-14(26)20-16(23)27/h2-4,7H,5-6,8-11H2,1H3,(H,19,25)(H,20,26,27). The Balaban J connectivity index is 1.49. The Bertz CT molecular complexity index is 935. The first-order valence-corrected chi connectivity index (χ1v) is 8.86. The topological polar surface area (TPSA) is 131 Å². The Labute approximate surface area is 160 Å². The summed E-state index contributed by atoms with van der Waals surface area (Å²) in [6.45, 7) is 0.960. The molecule has 0 bridgehead atoms. The number of hydrogen-bond acceptors (Lipinski definition) is 6.